The minimum absolute atomic E-state index is 0.194. The molecule has 3 rings (SSSR count). The third-order valence-corrected chi connectivity index (χ3v) is 3.76. The average molecular weight is 472 g/mol. The van der Waals surface area contributed by atoms with E-state index in [1.807, 2.05) is 43.3 Å². The Hall–Kier alpha value is -2.37. The number of halogens is 2. The van der Waals surface area contributed by atoms with E-state index in [2.05, 4.69) is 19.7 Å². The molecule has 29 heavy (non-hydrogen) atoms. The van der Waals surface area contributed by atoms with Gasteiger partial charge in [0.05, 0.1) is 47.9 Å². The number of aromatic nitrogens is 1. The molecule has 1 aromatic heterocycles. The van der Waals surface area contributed by atoms with Crippen molar-refractivity contribution in [3.8, 4) is 0 Å². The van der Waals surface area contributed by atoms with Crippen molar-refractivity contribution in [3.05, 3.63) is 83.2 Å². The van der Waals surface area contributed by atoms with Gasteiger partial charge in [-0.2, -0.15) is 0 Å². The molecule has 0 fully saturated rings. The predicted molar refractivity (Wildman–Crippen MR) is 116 cm³/mol. The number of hydrogen-bond acceptors (Lipinski definition) is 4. The van der Waals surface area contributed by atoms with Crippen LogP contribution in [0.4, 0.5) is 11.4 Å². The first-order valence-electron chi connectivity index (χ1n) is 8.43. The van der Waals surface area contributed by atoms with Crippen LogP contribution in [0.3, 0.4) is 0 Å². The molecule has 1 N–H and O–H groups in total. The van der Waals surface area contributed by atoms with Crippen molar-refractivity contribution in [3.63, 3.8) is 0 Å². The van der Waals surface area contributed by atoms with Crippen LogP contribution in [0.25, 0.3) is 0 Å². The number of methoxy groups -OCH3 is 1. The van der Waals surface area contributed by atoms with Gasteiger partial charge in [-0.3, -0.25) is 9.98 Å². The van der Waals surface area contributed by atoms with E-state index in [1.165, 1.54) is 12.7 Å². The molecular weight excluding hydrogens is 453 g/mol. The number of aryl methyl sites for hydroxylation is 1. The summed E-state index contributed by atoms with van der Waals surface area (Å²) < 4.78 is 4.67. The Morgan fingerprint density at radius 1 is 0.897 bits per heavy atom. The normalized spacial score (nSPS) is 10.9. The van der Waals surface area contributed by atoms with Crippen LogP contribution < -0.4 is 0 Å². The van der Waals surface area contributed by atoms with Crippen molar-refractivity contribution in [1.82, 2.24) is 4.98 Å². The number of carbonyl (C=O) groups is 1. The first-order valence-corrected chi connectivity index (χ1v) is 11.5. The van der Waals surface area contributed by atoms with Gasteiger partial charge in [0.15, 0.2) is 0 Å². The Balaban J connectivity index is 0.000000941. The fraction of sp³-hybridized carbons (Fsp3) is 0.0952. The van der Waals surface area contributed by atoms with Crippen molar-refractivity contribution in [2.45, 2.75) is 6.92 Å². The molecule has 0 aliphatic rings. The third kappa shape index (κ3) is 7.87. The van der Waals surface area contributed by atoms with Gasteiger partial charge in [0.25, 0.3) is 0 Å². The van der Waals surface area contributed by atoms with Gasteiger partial charge in [-0.05, 0) is 55.5 Å². The Labute approximate surface area is 184 Å². The first kappa shape index (κ1) is 22.9. The van der Waals surface area contributed by atoms with E-state index in [-0.39, 0.29) is 19.1 Å². The van der Waals surface area contributed by atoms with Gasteiger partial charge in [0.2, 0.25) is 0 Å². The summed E-state index contributed by atoms with van der Waals surface area (Å²) >= 11 is 0.194. The number of aliphatic imine (C=N–C) groups is 2. The predicted octanol–water partition coefficient (Wildman–Crippen LogP) is 5.99. The zero-order valence-corrected chi connectivity index (χ0v) is 18.4. The van der Waals surface area contributed by atoms with Crippen LogP contribution in [0.15, 0.2) is 70.6 Å². The summed E-state index contributed by atoms with van der Waals surface area (Å²) in [5.41, 5.74) is 5.14. The number of aromatic amines is 1. The Morgan fingerprint density at radius 2 is 1.34 bits per heavy atom. The topological polar surface area (TPSA) is 66.8 Å². The minimum atomic E-state index is -0.359. The van der Waals surface area contributed by atoms with Crippen LogP contribution in [0, 0.1) is 6.92 Å². The molecule has 0 aliphatic carbocycles. The van der Waals surface area contributed by atoms with E-state index in [1.54, 1.807) is 36.7 Å². The zero-order chi connectivity index (χ0) is 21.1. The standard InChI is InChI=1S/C21H19N3O2.2ClH.Fe/c1-15-3-7-17(8-4-15)22-13-19-11-12-20(24-19)14-23-18-9-5-16(6-10-18)21(25)26-2;;;/h3-14,24H,1-2H3;2*1H;/q;;;+2/p-2. The van der Waals surface area contributed by atoms with E-state index >= 15 is 0 Å². The van der Waals surface area contributed by atoms with Crippen LogP contribution in [-0.2, 0) is 17.9 Å². The maximum atomic E-state index is 11.4. The number of nitrogens with zero attached hydrogens (tertiary/aromatic N) is 2. The third-order valence-electron chi connectivity index (χ3n) is 3.76. The van der Waals surface area contributed by atoms with Crippen molar-refractivity contribution in [2.24, 2.45) is 9.98 Å². The number of benzene rings is 2. The molecular formula is C21H19Cl2FeN3O2. The molecule has 0 aliphatic heterocycles. The number of ether oxygens (including phenoxy) is 1. The second kappa shape index (κ2) is 12.2. The van der Waals surface area contributed by atoms with Crippen LogP contribution >= 0.6 is 20.2 Å². The average Bonchev–Trinajstić information content (AvgIpc) is 3.20. The second-order valence-corrected chi connectivity index (χ2v) is 7.63. The van der Waals surface area contributed by atoms with Gasteiger partial charge in [-0.1, -0.05) is 17.7 Å². The van der Waals surface area contributed by atoms with E-state index in [9.17, 15) is 4.79 Å². The van der Waals surface area contributed by atoms with Crippen molar-refractivity contribution < 1.29 is 22.7 Å². The second-order valence-electron chi connectivity index (χ2n) is 5.81. The van der Waals surface area contributed by atoms with Crippen LogP contribution in [0.1, 0.15) is 27.3 Å². The van der Waals surface area contributed by atoms with Gasteiger partial charge < -0.3 is 9.72 Å². The molecule has 0 unspecified atom stereocenters. The molecule has 5 nitrogen and oxygen atoms in total. The van der Waals surface area contributed by atoms with Crippen LogP contribution in [-0.4, -0.2) is 30.5 Å². The van der Waals surface area contributed by atoms with E-state index < -0.39 is 0 Å². The van der Waals surface area contributed by atoms with E-state index in [0.717, 1.165) is 22.8 Å². The van der Waals surface area contributed by atoms with Crippen molar-refractivity contribution in [1.29, 1.82) is 0 Å². The van der Waals surface area contributed by atoms with E-state index in [0.29, 0.717) is 5.56 Å². The fourth-order valence-electron chi connectivity index (χ4n) is 2.30. The molecule has 2 aromatic carbocycles. The first-order chi connectivity index (χ1) is 14.0. The summed E-state index contributed by atoms with van der Waals surface area (Å²) in [6.07, 6.45) is 3.52. The van der Waals surface area contributed by atoms with Crippen LogP contribution in [0.5, 0.6) is 0 Å². The number of rotatable bonds is 5. The number of esters is 1. The van der Waals surface area contributed by atoms with Gasteiger partial charge >= 0.3 is 39.3 Å². The molecule has 152 valence electrons. The summed E-state index contributed by atoms with van der Waals surface area (Å²) in [5, 5.41) is 0. The molecule has 0 amide bonds. The fourth-order valence-corrected chi connectivity index (χ4v) is 2.30. The van der Waals surface area contributed by atoms with Gasteiger partial charge in [0.1, 0.15) is 0 Å². The number of H-pyrrole nitrogens is 1. The Bertz CT molecular complexity index is 968. The molecule has 0 saturated heterocycles. The van der Waals surface area contributed by atoms with Crippen LogP contribution in [0.2, 0.25) is 0 Å². The molecule has 0 spiro atoms. The van der Waals surface area contributed by atoms with Crippen molar-refractivity contribution >= 4 is 50.0 Å². The SMILES string of the molecule is COC(=O)c1ccc(N=Cc2ccc(C=Nc3ccc(C)cc3)[nH]2)cc1.[Cl][Fe][Cl]. The molecule has 0 saturated carbocycles. The number of hydrogen-bond donors (Lipinski definition) is 1. The summed E-state index contributed by atoms with van der Waals surface area (Å²) in [6, 6.07) is 18.8. The quantitative estimate of drug-likeness (QED) is 0.282. The van der Waals surface area contributed by atoms with Gasteiger partial charge in [-0.15, -0.1) is 0 Å². The van der Waals surface area contributed by atoms with Gasteiger partial charge in [-0.25, -0.2) is 4.79 Å². The van der Waals surface area contributed by atoms with Gasteiger partial charge in [0, 0.05) is 0 Å². The van der Waals surface area contributed by atoms with E-state index in [4.69, 9.17) is 20.2 Å². The Kier molecular flexibility index (Phi) is 9.68. The summed E-state index contributed by atoms with van der Waals surface area (Å²) in [5.74, 6) is -0.359. The molecule has 3 aromatic rings. The Morgan fingerprint density at radius 3 is 1.79 bits per heavy atom. The number of carbonyl (C=O) groups excluding carboxylic acids is 1. The molecule has 1 heterocycles. The molecule has 0 atom stereocenters. The van der Waals surface area contributed by atoms with Crippen molar-refractivity contribution in [2.75, 3.05) is 7.11 Å². The summed E-state index contributed by atoms with van der Waals surface area (Å²) in [7, 11) is 10.9. The molecule has 8 heteroatoms. The molecule has 0 radical (unpaired) electrons. The summed E-state index contributed by atoms with van der Waals surface area (Å²) in [6.45, 7) is 2.05. The zero-order valence-electron chi connectivity index (χ0n) is 15.7. The summed E-state index contributed by atoms with van der Waals surface area (Å²) in [4.78, 5) is 23.5. The monoisotopic (exact) mass is 471 g/mol. The maximum absolute atomic E-state index is 11.4. The number of nitrogens with one attached hydrogen (secondary N) is 1. The molecule has 0 bridgehead atoms.